The van der Waals surface area contributed by atoms with Crippen molar-refractivity contribution in [2.24, 2.45) is 7.05 Å². The largest absolute Gasteiger partial charge is 0.485 e. The van der Waals surface area contributed by atoms with Crippen LogP contribution in [0.1, 0.15) is 27.3 Å². The lowest BCUT2D eigenvalue weighted by Crippen LogP contribution is -2.07. The maximum atomic E-state index is 12.2. The van der Waals surface area contributed by atoms with E-state index in [4.69, 9.17) is 4.74 Å². The molecule has 0 atom stereocenters. The second-order valence-corrected chi connectivity index (χ2v) is 6.99. The average molecular weight is 367 g/mol. The van der Waals surface area contributed by atoms with Crippen LogP contribution in [0.3, 0.4) is 0 Å². The van der Waals surface area contributed by atoms with Gasteiger partial charge >= 0.3 is 0 Å². The Bertz CT molecular complexity index is 886. The number of para-hydroxylation sites is 1. The van der Waals surface area contributed by atoms with E-state index >= 15 is 0 Å². The zero-order valence-electron chi connectivity index (χ0n) is 15.1. The summed E-state index contributed by atoms with van der Waals surface area (Å²) in [6.45, 7) is 4.38. The summed E-state index contributed by atoms with van der Waals surface area (Å²) in [5, 5.41) is 9.08. The van der Waals surface area contributed by atoms with E-state index in [0.717, 1.165) is 22.7 Å². The Morgan fingerprint density at radius 1 is 1.04 bits per heavy atom. The van der Waals surface area contributed by atoms with E-state index in [2.05, 4.69) is 10.2 Å². The maximum absolute atomic E-state index is 12.2. The number of hydrogen-bond donors (Lipinski definition) is 0. The van der Waals surface area contributed by atoms with Gasteiger partial charge in [0.15, 0.2) is 16.8 Å². The zero-order chi connectivity index (χ0) is 18.5. The van der Waals surface area contributed by atoms with Crippen molar-refractivity contribution < 1.29 is 9.53 Å². The monoisotopic (exact) mass is 367 g/mol. The van der Waals surface area contributed by atoms with Crippen LogP contribution in [0.5, 0.6) is 5.75 Å². The van der Waals surface area contributed by atoms with Gasteiger partial charge in [-0.15, -0.1) is 10.2 Å². The Hall–Kier alpha value is -2.60. The van der Waals surface area contributed by atoms with Crippen LogP contribution in [-0.4, -0.2) is 26.3 Å². The molecule has 134 valence electrons. The smallest absolute Gasteiger partial charge is 0.191 e. The fourth-order valence-electron chi connectivity index (χ4n) is 2.60. The van der Waals surface area contributed by atoms with Gasteiger partial charge in [0.05, 0.1) is 5.75 Å². The molecule has 0 bridgehead atoms. The third-order valence-corrected chi connectivity index (χ3v) is 5.13. The number of ketones is 1. The van der Waals surface area contributed by atoms with Crippen LogP contribution in [0.15, 0.2) is 53.7 Å². The molecule has 0 saturated carbocycles. The molecule has 0 saturated heterocycles. The van der Waals surface area contributed by atoms with Crippen LogP contribution in [0.4, 0.5) is 0 Å². The molecule has 3 aromatic rings. The minimum absolute atomic E-state index is 0.0759. The number of aromatic nitrogens is 3. The minimum atomic E-state index is 0.0759. The van der Waals surface area contributed by atoms with Gasteiger partial charge in [-0.3, -0.25) is 4.79 Å². The highest BCUT2D eigenvalue weighted by Gasteiger charge is 2.13. The van der Waals surface area contributed by atoms with Crippen molar-refractivity contribution in [3.63, 3.8) is 0 Å². The Labute approximate surface area is 157 Å². The quantitative estimate of drug-likeness (QED) is 0.467. The number of carbonyl (C=O) groups excluding carboxylic acids is 1. The third kappa shape index (κ3) is 4.14. The number of rotatable bonds is 7. The summed E-state index contributed by atoms with van der Waals surface area (Å²) in [4.78, 5) is 12.2. The van der Waals surface area contributed by atoms with E-state index < -0.39 is 0 Å². The molecule has 5 nitrogen and oxygen atoms in total. The predicted octanol–water partition coefficient (Wildman–Crippen LogP) is 3.99. The number of carbonyl (C=O) groups is 1. The van der Waals surface area contributed by atoms with Crippen molar-refractivity contribution >= 4 is 17.5 Å². The first kappa shape index (κ1) is 18.2. The molecule has 3 rings (SSSR count). The first-order valence-corrected chi connectivity index (χ1v) is 9.33. The molecule has 26 heavy (non-hydrogen) atoms. The highest BCUT2D eigenvalue weighted by molar-refractivity contribution is 7.99. The highest BCUT2D eigenvalue weighted by Crippen LogP contribution is 2.24. The molecule has 0 N–H and O–H groups in total. The van der Waals surface area contributed by atoms with Gasteiger partial charge in [-0.2, -0.15) is 0 Å². The van der Waals surface area contributed by atoms with Gasteiger partial charge in [0, 0.05) is 12.6 Å². The van der Waals surface area contributed by atoms with Gasteiger partial charge in [0.25, 0.3) is 0 Å². The fourth-order valence-corrected chi connectivity index (χ4v) is 3.42. The van der Waals surface area contributed by atoms with Gasteiger partial charge in [-0.25, -0.2) is 0 Å². The molecule has 0 aliphatic rings. The summed E-state index contributed by atoms with van der Waals surface area (Å²) in [5.41, 5.74) is 2.89. The molecular formula is C20H21N3O2S. The summed E-state index contributed by atoms with van der Waals surface area (Å²) in [7, 11) is 1.89. The van der Waals surface area contributed by atoms with Crippen LogP contribution >= 0.6 is 11.8 Å². The van der Waals surface area contributed by atoms with Crippen LogP contribution in [0, 0.1) is 13.8 Å². The molecule has 2 aromatic carbocycles. The van der Waals surface area contributed by atoms with E-state index in [1.165, 1.54) is 11.8 Å². The SMILES string of the molecule is Cc1cccc(C)c1OCc1nnc(SCC(=O)c2ccccc2)n1C. The minimum Gasteiger partial charge on any atom is -0.485 e. The van der Waals surface area contributed by atoms with Crippen molar-refractivity contribution in [3.8, 4) is 5.75 Å². The summed E-state index contributed by atoms with van der Waals surface area (Å²) < 4.78 is 7.81. The topological polar surface area (TPSA) is 57.0 Å². The Kier molecular flexibility index (Phi) is 5.73. The Morgan fingerprint density at radius 3 is 2.42 bits per heavy atom. The Balaban J connectivity index is 1.62. The second-order valence-electron chi connectivity index (χ2n) is 6.05. The summed E-state index contributed by atoms with van der Waals surface area (Å²) >= 11 is 1.38. The lowest BCUT2D eigenvalue weighted by Gasteiger charge is -2.11. The van der Waals surface area contributed by atoms with Gasteiger partial charge in [-0.1, -0.05) is 60.3 Å². The molecule has 0 radical (unpaired) electrons. The van der Waals surface area contributed by atoms with Crippen molar-refractivity contribution in [2.45, 2.75) is 25.6 Å². The van der Waals surface area contributed by atoms with Gasteiger partial charge in [0.2, 0.25) is 0 Å². The van der Waals surface area contributed by atoms with E-state index in [1.807, 2.05) is 74.0 Å². The van der Waals surface area contributed by atoms with E-state index in [0.29, 0.717) is 23.1 Å². The molecule has 1 aromatic heterocycles. The van der Waals surface area contributed by atoms with Crippen LogP contribution in [0.2, 0.25) is 0 Å². The lowest BCUT2D eigenvalue weighted by molar-refractivity contribution is 0.102. The van der Waals surface area contributed by atoms with Crippen LogP contribution in [0.25, 0.3) is 0 Å². The molecule has 6 heteroatoms. The maximum Gasteiger partial charge on any atom is 0.191 e. The zero-order valence-corrected chi connectivity index (χ0v) is 15.9. The predicted molar refractivity (Wildman–Crippen MR) is 103 cm³/mol. The summed E-state index contributed by atoms with van der Waals surface area (Å²) in [6, 6.07) is 15.3. The number of nitrogens with zero attached hydrogens (tertiary/aromatic N) is 3. The molecule has 0 fully saturated rings. The van der Waals surface area contributed by atoms with Crippen molar-refractivity contribution in [1.82, 2.24) is 14.8 Å². The first-order chi connectivity index (χ1) is 12.6. The van der Waals surface area contributed by atoms with Crippen LogP contribution in [-0.2, 0) is 13.7 Å². The molecule has 0 amide bonds. The third-order valence-electron chi connectivity index (χ3n) is 4.11. The number of aryl methyl sites for hydroxylation is 2. The normalized spacial score (nSPS) is 10.7. The van der Waals surface area contributed by atoms with Crippen molar-refractivity contribution in [1.29, 1.82) is 0 Å². The van der Waals surface area contributed by atoms with Gasteiger partial charge in [0.1, 0.15) is 12.4 Å². The summed E-state index contributed by atoms with van der Waals surface area (Å²) in [5.74, 6) is 2.01. The molecular weight excluding hydrogens is 346 g/mol. The standard InChI is InChI=1S/C20H21N3O2S/c1-14-8-7-9-15(2)19(14)25-12-18-21-22-20(23(18)3)26-13-17(24)16-10-5-4-6-11-16/h4-11H,12-13H2,1-3H3. The van der Waals surface area contributed by atoms with Crippen molar-refractivity contribution in [3.05, 3.63) is 71.0 Å². The highest BCUT2D eigenvalue weighted by atomic mass is 32.2. The average Bonchev–Trinajstić information content (AvgIpc) is 3.00. The van der Waals surface area contributed by atoms with E-state index in [9.17, 15) is 4.79 Å². The number of benzene rings is 2. The number of Topliss-reactive ketones (excluding diaryl/α,β-unsaturated/α-hetero) is 1. The van der Waals surface area contributed by atoms with Gasteiger partial charge < -0.3 is 9.30 Å². The number of hydrogen-bond acceptors (Lipinski definition) is 5. The molecule has 0 aliphatic carbocycles. The van der Waals surface area contributed by atoms with Crippen molar-refractivity contribution in [2.75, 3.05) is 5.75 Å². The first-order valence-electron chi connectivity index (χ1n) is 8.34. The number of thioether (sulfide) groups is 1. The number of ether oxygens (including phenoxy) is 1. The molecule has 1 heterocycles. The van der Waals surface area contributed by atoms with E-state index in [1.54, 1.807) is 0 Å². The van der Waals surface area contributed by atoms with E-state index in [-0.39, 0.29) is 5.78 Å². The fraction of sp³-hybridized carbons (Fsp3) is 0.250. The van der Waals surface area contributed by atoms with Gasteiger partial charge in [-0.05, 0) is 25.0 Å². The second kappa shape index (κ2) is 8.19. The summed E-state index contributed by atoms with van der Waals surface area (Å²) in [6.07, 6.45) is 0. The lowest BCUT2D eigenvalue weighted by atomic mass is 10.1. The van der Waals surface area contributed by atoms with Crippen LogP contribution < -0.4 is 4.74 Å². The molecule has 0 unspecified atom stereocenters. The molecule has 0 spiro atoms. The Morgan fingerprint density at radius 2 is 1.73 bits per heavy atom. The molecule has 0 aliphatic heterocycles.